The number of hydrogen-bond acceptors (Lipinski definition) is 4. The van der Waals surface area contributed by atoms with E-state index >= 15 is 0 Å². The molecule has 2 aliphatic heterocycles. The molecule has 1 saturated carbocycles. The van der Waals surface area contributed by atoms with Gasteiger partial charge in [0.25, 0.3) is 11.8 Å². The second-order valence-corrected chi connectivity index (χ2v) is 8.02. The maximum Gasteiger partial charge on any atom is 0.331 e. The molecular formula is C22H27N3O3. The molecule has 4 rings (SSSR count). The van der Waals surface area contributed by atoms with Crippen LogP contribution in [0.25, 0.3) is 6.08 Å². The molecule has 0 unspecified atom stereocenters. The standard InChI is InChI=1S/C22H27N3O3/c1-15-13-18(24-11-5-2-6-12-24)10-9-16(15)14-19-20(26)23-22(28)25(21(19)27)17-7-3-4-8-17/h9-10,13-14,17H,2-8,11-12H2,1H3,(H,23,26,28)/b19-14+. The van der Waals surface area contributed by atoms with Gasteiger partial charge in [0.2, 0.25) is 0 Å². The second-order valence-electron chi connectivity index (χ2n) is 8.02. The number of nitrogens with zero attached hydrogens (tertiary/aromatic N) is 2. The highest BCUT2D eigenvalue weighted by atomic mass is 16.2. The average molecular weight is 381 g/mol. The van der Waals surface area contributed by atoms with E-state index in [1.807, 2.05) is 13.0 Å². The molecule has 2 heterocycles. The van der Waals surface area contributed by atoms with Crippen LogP contribution in [0.3, 0.4) is 0 Å². The summed E-state index contributed by atoms with van der Waals surface area (Å²) in [6.45, 7) is 4.13. The molecule has 4 amide bonds. The van der Waals surface area contributed by atoms with Crippen LogP contribution in [0.1, 0.15) is 56.1 Å². The Bertz CT molecular complexity index is 833. The van der Waals surface area contributed by atoms with Crippen molar-refractivity contribution >= 4 is 29.6 Å². The first kappa shape index (κ1) is 18.7. The van der Waals surface area contributed by atoms with Crippen LogP contribution in [0.5, 0.6) is 0 Å². The van der Waals surface area contributed by atoms with Gasteiger partial charge in [-0.2, -0.15) is 0 Å². The maximum absolute atomic E-state index is 12.9. The minimum Gasteiger partial charge on any atom is -0.372 e. The van der Waals surface area contributed by atoms with Gasteiger partial charge in [-0.3, -0.25) is 19.8 Å². The summed E-state index contributed by atoms with van der Waals surface area (Å²) in [5.74, 6) is -1.08. The molecule has 148 valence electrons. The first-order valence-electron chi connectivity index (χ1n) is 10.3. The fourth-order valence-corrected chi connectivity index (χ4v) is 4.49. The molecule has 2 saturated heterocycles. The van der Waals surface area contributed by atoms with Crippen LogP contribution in [-0.4, -0.2) is 41.9 Å². The van der Waals surface area contributed by atoms with Crippen LogP contribution in [0.15, 0.2) is 23.8 Å². The van der Waals surface area contributed by atoms with E-state index in [1.165, 1.54) is 29.8 Å². The Kier molecular flexibility index (Phi) is 5.20. The van der Waals surface area contributed by atoms with E-state index < -0.39 is 17.8 Å². The molecule has 0 atom stereocenters. The number of carbonyl (C=O) groups excluding carboxylic acids is 3. The molecule has 1 aliphatic carbocycles. The van der Waals surface area contributed by atoms with E-state index in [4.69, 9.17) is 0 Å². The lowest BCUT2D eigenvalue weighted by Crippen LogP contribution is -2.57. The third-order valence-corrected chi connectivity index (χ3v) is 6.10. The summed E-state index contributed by atoms with van der Waals surface area (Å²) < 4.78 is 0. The van der Waals surface area contributed by atoms with Crippen molar-refractivity contribution in [3.63, 3.8) is 0 Å². The Hall–Kier alpha value is -2.63. The van der Waals surface area contributed by atoms with Gasteiger partial charge in [0.1, 0.15) is 5.57 Å². The fourth-order valence-electron chi connectivity index (χ4n) is 4.49. The summed E-state index contributed by atoms with van der Waals surface area (Å²) in [4.78, 5) is 41.1. The zero-order chi connectivity index (χ0) is 19.7. The van der Waals surface area contributed by atoms with Crippen molar-refractivity contribution in [3.05, 3.63) is 34.9 Å². The minimum atomic E-state index is -0.608. The lowest BCUT2D eigenvalue weighted by atomic mass is 10.0. The van der Waals surface area contributed by atoms with E-state index in [1.54, 1.807) is 6.08 Å². The number of benzene rings is 1. The second kappa shape index (κ2) is 7.78. The number of imide groups is 2. The van der Waals surface area contributed by atoms with Gasteiger partial charge < -0.3 is 4.90 Å². The van der Waals surface area contributed by atoms with Crippen LogP contribution >= 0.6 is 0 Å². The number of piperidine rings is 1. The number of anilines is 1. The predicted molar refractivity (Wildman–Crippen MR) is 108 cm³/mol. The minimum absolute atomic E-state index is 0.0420. The molecule has 0 radical (unpaired) electrons. The Morgan fingerprint density at radius 2 is 1.71 bits per heavy atom. The monoisotopic (exact) mass is 381 g/mol. The third kappa shape index (κ3) is 3.55. The Labute approximate surface area is 165 Å². The average Bonchev–Trinajstić information content (AvgIpc) is 3.21. The highest BCUT2D eigenvalue weighted by Gasteiger charge is 2.40. The SMILES string of the molecule is Cc1cc(N2CCCCC2)ccc1/C=C1\C(=O)NC(=O)N(C2CCCC2)C1=O. The van der Waals surface area contributed by atoms with Crippen molar-refractivity contribution in [1.29, 1.82) is 0 Å². The van der Waals surface area contributed by atoms with E-state index in [0.717, 1.165) is 49.9 Å². The van der Waals surface area contributed by atoms with Crippen molar-refractivity contribution in [2.45, 2.75) is 57.9 Å². The summed E-state index contributed by atoms with van der Waals surface area (Å²) in [7, 11) is 0. The van der Waals surface area contributed by atoms with Crippen LogP contribution in [-0.2, 0) is 9.59 Å². The van der Waals surface area contributed by atoms with E-state index in [2.05, 4.69) is 22.3 Å². The molecule has 3 fully saturated rings. The molecule has 1 aromatic carbocycles. The van der Waals surface area contributed by atoms with E-state index in [0.29, 0.717) is 0 Å². The number of amides is 4. The first-order chi connectivity index (χ1) is 13.5. The largest absolute Gasteiger partial charge is 0.372 e. The quantitative estimate of drug-likeness (QED) is 0.644. The maximum atomic E-state index is 12.9. The molecule has 1 N–H and O–H groups in total. The van der Waals surface area contributed by atoms with Gasteiger partial charge in [0.05, 0.1) is 0 Å². The molecule has 0 bridgehead atoms. The number of aryl methyl sites for hydroxylation is 1. The topological polar surface area (TPSA) is 69.7 Å². The molecule has 6 heteroatoms. The fraction of sp³-hybridized carbons (Fsp3) is 0.500. The molecular weight excluding hydrogens is 354 g/mol. The normalized spacial score (nSPS) is 22.9. The van der Waals surface area contributed by atoms with Gasteiger partial charge in [-0.1, -0.05) is 18.9 Å². The van der Waals surface area contributed by atoms with Gasteiger partial charge >= 0.3 is 6.03 Å². The molecule has 28 heavy (non-hydrogen) atoms. The zero-order valence-electron chi connectivity index (χ0n) is 16.4. The van der Waals surface area contributed by atoms with Crippen molar-refractivity contribution < 1.29 is 14.4 Å². The van der Waals surface area contributed by atoms with Crippen molar-refractivity contribution in [2.24, 2.45) is 0 Å². The molecule has 0 aromatic heterocycles. The summed E-state index contributed by atoms with van der Waals surface area (Å²) in [5, 5.41) is 2.34. The van der Waals surface area contributed by atoms with Gasteiger partial charge in [-0.15, -0.1) is 0 Å². The lowest BCUT2D eigenvalue weighted by molar-refractivity contribution is -0.131. The van der Waals surface area contributed by atoms with Gasteiger partial charge in [0.15, 0.2) is 0 Å². The van der Waals surface area contributed by atoms with E-state index in [9.17, 15) is 14.4 Å². The Morgan fingerprint density at radius 3 is 2.39 bits per heavy atom. The van der Waals surface area contributed by atoms with Crippen LogP contribution < -0.4 is 10.2 Å². The highest BCUT2D eigenvalue weighted by molar-refractivity contribution is 6.31. The summed E-state index contributed by atoms with van der Waals surface area (Å²) in [6.07, 6.45) is 8.97. The van der Waals surface area contributed by atoms with Crippen LogP contribution in [0.2, 0.25) is 0 Å². The third-order valence-electron chi connectivity index (χ3n) is 6.10. The summed E-state index contributed by atoms with van der Waals surface area (Å²) >= 11 is 0. The van der Waals surface area contributed by atoms with Crippen LogP contribution in [0, 0.1) is 6.92 Å². The Balaban J connectivity index is 1.60. The Morgan fingerprint density at radius 1 is 1.00 bits per heavy atom. The van der Waals surface area contributed by atoms with Crippen molar-refractivity contribution in [3.8, 4) is 0 Å². The van der Waals surface area contributed by atoms with Crippen molar-refractivity contribution in [2.75, 3.05) is 18.0 Å². The molecule has 3 aliphatic rings. The van der Waals surface area contributed by atoms with Gasteiger partial charge in [0, 0.05) is 24.8 Å². The lowest BCUT2D eigenvalue weighted by Gasteiger charge is -2.31. The van der Waals surface area contributed by atoms with Crippen molar-refractivity contribution in [1.82, 2.24) is 10.2 Å². The summed E-state index contributed by atoms with van der Waals surface area (Å²) in [6, 6.07) is 5.43. The van der Waals surface area contributed by atoms with Gasteiger partial charge in [-0.05, 0) is 68.4 Å². The predicted octanol–water partition coefficient (Wildman–Crippen LogP) is 3.39. The highest BCUT2D eigenvalue weighted by Crippen LogP contribution is 2.28. The zero-order valence-corrected chi connectivity index (χ0v) is 16.4. The molecule has 0 spiro atoms. The number of hydrogen-bond donors (Lipinski definition) is 1. The number of carbonyl (C=O) groups is 3. The summed E-state index contributed by atoms with van der Waals surface area (Å²) in [5.41, 5.74) is 3.07. The number of barbiturate groups is 1. The molecule has 1 aromatic rings. The van der Waals surface area contributed by atoms with Gasteiger partial charge in [-0.25, -0.2) is 4.79 Å². The number of rotatable bonds is 3. The van der Waals surface area contributed by atoms with E-state index in [-0.39, 0.29) is 11.6 Å². The number of urea groups is 1. The number of nitrogens with one attached hydrogen (secondary N) is 1. The molecule has 6 nitrogen and oxygen atoms in total. The van der Waals surface area contributed by atoms with Crippen LogP contribution in [0.4, 0.5) is 10.5 Å². The first-order valence-corrected chi connectivity index (χ1v) is 10.3. The smallest absolute Gasteiger partial charge is 0.331 e.